The van der Waals surface area contributed by atoms with E-state index in [4.69, 9.17) is 0 Å². The van der Waals surface area contributed by atoms with Gasteiger partial charge in [0, 0.05) is 25.3 Å². The molecule has 3 aromatic carbocycles. The quantitative estimate of drug-likeness (QED) is 0.590. The van der Waals surface area contributed by atoms with E-state index in [0.29, 0.717) is 12.5 Å². The molecule has 1 heterocycles. The van der Waals surface area contributed by atoms with Crippen LogP contribution in [0, 0.1) is 12.8 Å². The van der Waals surface area contributed by atoms with E-state index in [1.54, 1.807) is 0 Å². The summed E-state index contributed by atoms with van der Waals surface area (Å²) in [4.78, 5) is 14.7. The van der Waals surface area contributed by atoms with Gasteiger partial charge in [-0.1, -0.05) is 60.7 Å². The molecule has 4 nitrogen and oxygen atoms in total. The molecule has 1 aliphatic heterocycles. The largest absolute Gasteiger partial charge is 0.338 e. The van der Waals surface area contributed by atoms with Crippen LogP contribution >= 0.6 is 0 Å². The highest BCUT2D eigenvalue weighted by molar-refractivity contribution is 5.89. The number of benzene rings is 3. The fourth-order valence-corrected chi connectivity index (χ4v) is 4.10. The number of rotatable bonds is 6. The molecule has 154 valence electrons. The van der Waals surface area contributed by atoms with E-state index in [9.17, 15) is 4.79 Å². The Bertz CT molecular complexity index is 986. The highest BCUT2D eigenvalue weighted by atomic mass is 16.2. The molecule has 0 saturated carbocycles. The monoisotopic (exact) mass is 399 g/mol. The average Bonchev–Trinajstić information content (AvgIpc) is 3.20. The van der Waals surface area contributed by atoms with Crippen LogP contribution in [-0.2, 0) is 6.54 Å². The number of nitrogens with one attached hydrogen (secondary N) is 2. The van der Waals surface area contributed by atoms with Gasteiger partial charge in [0.15, 0.2) is 0 Å². The minimum atomic E-state index is -0.130. The van der Waals surface area contributed by atoms with Crippen LogP contribution in [0.2, 0.25) is 0 Å². The first-order chi connectivity index (χ1) is 14.7. The first-order valence-electron chi connectivity index (χ1n) is 10.6. The van der Waals surface area contributed by atoms with Gasteiger partial charge >= 0.3 is 6.03 Å². The zero-order chi connectivity index (χ0) is 20.8. The minimum Gasteiger partial charge on any atom is -0.338 e. The lowest BCUT2D eigenvalue weighted by Crippen LogP contribution is -2.34. The highest BCUT2D eigenvalue weighted by Crippen LogP contribution is 2.23. The van der Waals surface area contributed by atoms with Crippen LogP contribution in [0.5, 0.6) is 0 Å². The molecule has 1 saturated heterocycles. The van der Waals surface area contributed by atoms with Crippen molar-refractivity contribution in [2.45, 2.75) is 19.9 Å². The van der Waals surface area contributed by atoms with Crippen molar-refractivity contribution in [2.24, 2.45) is 5.92 Å². The van der Waals surface area contributed by atoms with Crippen molar-refractivity contribution in [3.63, 3.8) is 0 Å². The maximum Gasteiger partial charge on any atom is 0.319 e. The molecule has 30 heavy (non-hydrogen) atoms. The van der Waals surface area contributed by atoms with E-state index >= 15 is 0 Å². The lowest BCUT2D eigenvalue weighted by molar-refractivity contribution is 0.249. The molecule has 0 aliphatic carbocycles. The lowest BCUT2D eigenvalue weighted by Gasteiger charge is -2.17. The molecule has 1 aliphatic rings. The molecule has 3 aromatic rings. The third kappa shape index (κ3) is 5.49. The standard InChI is InChI=1S/C26H29N3O/c1-20-7-5-12-25(15-20)28-26(30)27-17-22-13-14-29(19-22)18-21-8-6-11-24(16-21)23-9-3-2-4-10-23/h2-12,15-16,22H,13-14,17-19H2,1H3,(H2,27,28,30). The maximum atomic E-state index is 12.2. The second kappa shape index (κ2) is 9.59. The number of amides is 2. The molecule has 2 amide bonds. The first-order valence-corrected chi connectivity index (χ1v) is 10.6. The van der Waals surface area contributed by atoms with Gasteiger partial charge < -0.3 is 10.6 Å². The summed E-state index contributed by atoms with van der Waals surface area (Å²) in [7, 11) is 0. The number of hydrogen-bond donors (Lipinski definition) is 2. The highest BCUT2D eigenvalue weighted by Gasteiger charge is 2.23. The number of anilines is 1. The van der Waals surface area contributed by atoms with Gasteiger partial charge in [0.25, 0.3) is 0 Å². The van der Waals surface area contributed by atoms with Crippen LogP contribution in [-0.4, -0.2) is 30.6 Å². The first kappa shape index (κ1) is 20.2. The summed E-state index contributed by atoms with van der Waals surface area (Å²) in [5.74, 6) is 0.491. The SMILES string of the molecule is Cc1cccc(NC(=O)NCC2CCN(Cc3cccc(-c4ccccc4)c3)C2)c1. The average molecular weight is 400 g/mol. The van der Waals surface area contributed by atoms with Gasteiger partial charge in [-0.05, 0) is 66.3 Å². The molecule has 0 radical (unpaired) electrons. The summed E-state index contributed by atoms with van der Waals surface area (Å²) in [6.45, 7) is 5.76. The Labute approximate surface area is 178 Å². The van der Waals surface area contributed by atoms with Crippen LogP contribution in [0.1, 0.15) is 17.5 Å². The van der Waals surface area contributed by atoms with Crippen LogP contribution < -0.4 is 10.6 Å². The molecular formula is C26H29N3O. The normalized spacial score (nSPS) is 16.4. The van der Waals surface area contributed by atoms with Crippen molar-refractivity contribution in [1.82, 2.24) is 10.2 Å². The van der Waals surface area contributed by atoms with Crippen LogP contribution in [0.15, 0.2) is 78.9 Å². The van der Waals surface area contributed by atoms with Gasteiger partial charge in [-0.25, -0.2) is 4.79 Å². The number of aryl methyl sites for hydroxylation is 1. The summed E-state index contributed by atoms with van der Waals surface area (Å²) in [5.41, 5.74) is 5.82. The van der Waals surface area contributed by atoms with Crippen LogP contribution in [0.25, 0.3) is 11.1 Å². The van der Waals surface area contributed by atoms with Gasteiger partial charge in [0.1, 0.15) is 0 Å². The zero-order valence-corrected chi connectivity index (χ0v) is 17.5. The second-order valence-electron chi connectivity index (χ2n) is 8.16. The van der Waals surface area contributed by atoms with Crippen molar-refractivity contribution in [1.29, 1.82) is 0 Å². The van der Waals surface area contributed by atoms with Crippen LogP contribution in [0.3, 0.4) is 0 Å². The third-order valence-electron chi connectivity index (χ3n) is 5.64. The zero-order valence-electron chi connectivity index (χ0n) is 17.5. The van der Waals surface area contributed by atoms with E-state index in [-0.39, 0.29) is 6.03 Å². The van der Waals surface area contributed by atoms with Gasteiger partial charge in [-0.2, -0.15) is 0 Å². The fraction of sp³-hybridized carbons (Fsp3) is 0.269. The van der Waals surface area contributed by atoms with E-state index in [1.807, 2.05) is 37.3 Å². The summed E-state index contributed by atoms with van der Waals surface area (Å²) < 4.78 is 0. The van der Waals surface area contributed by atoms with Crippen molar-refractivity contribution in [3.05, 3.63) is 90.0 Å². The molecule has 4 heteroatoms. The Hall–Kier alpha value is -3.11. The smallest absolute Gasteiger partial charge is 0.319 e. The summed E-state index contributed by atoms with van der Waals surface area (Å²) >= 11 is 0. The molecule has 2 N–H and O–H groups in total. The molecule has 0 bridgehead atoms. The Morgan fingerprint density at radius 3 is 2.60 bits per heavy atom. The van der Waals surface area contributed by atoms with Gasteiger partial charge in [-0.3, -0.25) is 4.90 Å². The lowest BCUT2D eigenvalue weighted by atomic mass is 10.0. The Morgan fingerprint density at radius 1 is 0.967 bits per heavy atom. The second-order valence-corrected chi connectivity index (χ2v) is 8.16. The van der Waals surface area contributed by atoms with Gasteiger partial charge in [0.2, 0.25) is 0 Å². The van der Waals surface area contributed by atoms with E-state index in [2.05, 4.69) is 64.1 Å². The number of nitrogens with zero attached hydrogens (tertiary/aromatic N) is 1. The topological polar surface area (TPSA) is 44.4 Å². The molecule has 1 fully saturated rings. The molecule has 1 unspecified atom stereocenters. The predicted molar refractivity (Wildman–Crippen MR) is 123 cm³/mol. The maximum absolute atomic E-state index is 12.2. The Kier molecular flexibility index (Phi) is 6.45. The van der Waals surface area contributed by atoms with Crippen molar-refractivity contribution in [3.8, 4) is 11.1 Å². The number of likely N-dealkylation sites (tertiary alicyclic amines) is 1. The number of carbonyl (C=O) groups excluding carboxylic acids is 1. The van der Waals surface area contributed by atoms with Crippen molar-refractivity contribution < 1.29 is 4.79 Å². The predicted octanol–water partition coefficient (Wildman–Crippen LogP) is 5.31. The van der Waals surface area contributed by atoms with E-state index in [0.717, 1.165) is 37.3 Å². The van der Waals surface area contributed by atoms with Gasteiger partial charge in [-0.15, -0.1) is 0 Å². The Balaban J connectivity index is 1.25. The third-order valence-corrected chi connectivity index (χ3v) is 5.64. The molecule has 0 aromatic heterocycles. The molecule has 0 spiro atoms. The van der Waals surface area contributed by atoms with E-state index < -0.39 is 0 Å². The van der Waals surface area contributed by atoms with E-state index in [1.165, 1.54) is 16.7 Å². The summed E-state index contributed by atoms with van der Waals surface area (Å²) in [5, 5.41) is 5.95. The summed E-state index contributed by atoms with van der Waals surface area (Å²) in [6, 6.07) is 27.0. The number of hydrogen-bond acceptors (Lipinski definition) is 2. The molecular weight excluding hydrogens is 370 g/mol. The Morgan fingerprint density at radius 2 is 1.77 bits per heavy atom. The number of urea groups is 1. The van der Waals surface area contributed by atoms with Crippen molar-refractivity contribution >= 4 is 11.7 Å². The van der Waals surface area contributed by atoms with Crippen LogP contribution in [0.4, 0.5) is 10.5 Å². The minimum absolute atomic E-state index is 0.130. The molecule has 4 rings (SSSR count). The number of carbonyl (C=O) groups is 1. The van der Waals surface area contributed by atoms with Crippen molar-refractivity contribution in [2.75, 3.05) is 25.0 Å². The molecule has 1 atom stereocenters. The fourth-order valence-electron chi connectivity index (χ4n) is 4.10. The summed E-state index contributed by atoms with van der Waals surface area (Å²) in [6.07, 6.45) is 1.11. The van der Waals surface area contributed by atoms with Gasteiger partial charge in [0.05, 0.1) is 0 Å².